The third kappa shape index (κ3) is 3.66. The van der Waals surface area contributed by atoms with Gasteiger partial charge in [-0.1, -0.05) is 17.7 Å². The van der Waals surface area contributed by atoms with Crippen LogP contribution in [0.5, 0.6) is 0 Å². The van der Waals surface area contributed by atoms with E-state index in [2.05, 4.69) is 22.9 Å². The Bertz CT molecular complexity index is 938. The Morgan fingerprint density at radius 3 is 2.46 bits per heavy atom. The molecule has 28 heavy (non-hydrogen) atoms. The number of anilines is 1. The zero-order valence-corrected chi connectivity index (χ0v) is 17.3. The zero-order chi connectivity index (χ0) is 19.7. The van der Waals surface area contributed by atoms with Crippen LogP contribution in [-0.2, 0) is 14.8 Å². The van der Waals surface area contributed by atoms with Gasteiger partial charge in [0.15, 0.2) is 0 Å². The molecule has 0 spiro atoms. The molecule has 0 amide bonds. The van der Waals surface area contributed by atoms with Crippen LogP contribution in [0.1, 0.15) is 35.6 Å². The summed E-state index contributed by atoms with van der Waals surface area (Å²) in [6.45, 7) is 7.66. The van der Waals surface area contributed by atoms with Crippen molar-refractivity contribution in [1.29, 1.82) is 0 Å². The van der Waals surface area contributed by atoms with Gasteiger partial charge in [-0.05, 0) is 56.0 Å². The fourth-order valence-corrected chi connectivity index (χ4v) is 5.72. The van der Waals surface area contributed by atoms with Crippen molar-refractivity contribution >= 4 is 15.8 Å². The molecule has 6 nitrogen and oxygen atoms in total. The van der Waals surface area contributed by atoms with Gasteiger partial charge in [-0.3, -0.25) is 0 Å². The molecular weight excluding hydrogens is 374 g/mol. The molecule has 0 aliphatic carbocycles. The van der Waals surface area contributed by atoms with Crippen LogP contribution in [0.4, 0.5) is 5.82 Å². The first kappa shape index (κ1) is 19.4. The summed E-state index contributed by atoms with van der Waals surface area (Å²) in [4.78, 5) is 7.24. The fraction of sp³-hybridized carbons (Fsp3) is 0.476. The molecule has 150 valence electrons. The predicted molar refractivity (Wildman–Crippen MR) is 109 cm³/mol. The molecule has 0 unspecified atom stereocenters. The molecule has 1 aromatic heterocycles. The summed E-state index contributed by atoms with van der Waals surface area (Å²) in [5.41, 5.74) is 3.15. The van der Waals surface area contributed by atoms with Gasteiger partial charge in [0.2, 0.25) is 10.0 Å². The monoisotopic (exact) mass is 401 g/mol. The Labute approximate surface area is 167 Å². The zero-order valence-electron chi connectivity index (χ0n) is 16.5. The Balaban J connectivity index is 1.62. The highest BCUT2D eigenvalue weighted by Gasteiger charge is 2.37. The number of pyridine rings is 1. The van der Waals surface area contributed by atoms with Gasteiger partial charge in [0.05, 0.1) is 24.2 Å². The van der Waals surface area contributed by atoms with Crippen LogP contribution in [0.3, 0.4) is 0 Å². The number of hydrogen-bond donors (Lipinski definition) is 0. The van der Waals surface area contributed by atoms with Gasteiger partial charge in [-0.15, -0.1) is 0 Å². The van der Waals surface area contributed by atoms with Crippen molar-refractivity contribution in [3.8, 4) is 0 Å². The van der Waals surface area contributed by atoms with E-state index in [9.17, 15) is 8.42 Å². The van der Waals surface area contributed by atoms with E-state index in [1.165, 1.54) is 0 Å². The predicted octanol–water partition coefficient (Wildman–Crippen LogP) is 3.06. The van der Waals surface area contributed by atoms with Crippen LogP contribution >= 0.6 is 0 Å². The summed E-state index contributed by atoms with van der Waals surface area (Å²) in [5.74, 6) is 0.940. The summed E-state index contributed by atoms with van der Waals surface area (Å²) in [6.07, 6.45) is 3.55. The summed E-state index contributed by atoms with van der Waals surface area (Å²) >= 11 is 0. The smallest absolute Gasteiger partial charge is 0.243 e. The number of aromatic nitrogens is 1. The largest absolute Gasteiger partial charge is 0.378 e. The molecule has 0 radical (unpaired) electrons. The van der Waals surface area contributed by atoms with Gasteiger partial charge in [0, 0.05) is 25.8 Å². The molecule has 1 aromatic carbocycles. The van der Waals surface area contributed by atoms with Crippen LogP contribution in [0.15, 0.2) is 41.4 Å². The van der Waals surface area contributed by atoms with Crippen LogP contribution in [0.2, 0.25) is 0 Å². The molecule has 0 bridgehead atoms. The van der Waals surface area contributed by atoms with Crippen LogP contribution in [0.25, 0.3) is 0 Å². The molecule has 2 fully saturated rings. The molecule has 2 saturated heterocycles. The fourth-order valence-electron chi connectivity index (χ4n) is 4.05. The topological polar surface area (TPSA) is 62.7 Å². The lowest BCUT2D eigenvalue weighted by Crippen LogP contribution is -2.37. The van der Waals surface area contributed by atoms with Crippen molar-refractivity contribution < 1.29 is 13.2 Å². The minimum atomic E-state index is -3.52. The van der Waals surface area contributed by atoms with Gasteiger partial charge < -0.3 is 9.64 Å². The van der Waals surface area contributed by atoms with E-state index in [-0.39, 0.29) is 6.04 Å². The quantitative estimate of drug-likeness (QED) is 0.788. The number of aryl methyl sites for hydroxylation is 2. The van der Waals surface area contributed by atoms with Crippen molar-refractivity contribution in [2.45, 2.75) is 37.6 Å². The molecule has 0 saturated carbocycles. The Morgan fingerprint density at radius 1 is 1.07 bits per heavy atom. The number of hydrogen-bond acceptors (Lipinski definition) is 5. The maximum absolute atomic E-state index is 13.2. The second-order valence-electron chi connectivity index (χ2n) is 7.59. The molecule has 2 aliphatic rings. The SMILES string of the molecule is Cc1ccc(S(=O)(=O)N2CCC[C@H]2c2cnc(N3CCOCC3)cc2C)cc1. The summed E-state index contributed by atoms with van der Waals surface area (Å²) < 4.78 is 33.5. The van der Waals surface area contributed by atoms with Crippen LogP contribution < -0.4 is 4.90 Å². The number of sulfonamides is 1. The molecule has 4 rings (SSSR count). The summed E-state index contributed by atoms with van der Waals surface area (Å²) in [5, 5.41) is 0. The lowest BCUT2D eigenvalue weighted by atomic mass is 10.0. The maximum atomic E-state index is 13.2. The molecule has 1 atom stereocenters. The van der Waals surface area contributed by atoms with E-state index >= 15 is 0 Å². The second-order valence-corrected chi connectivity index (χ2v) is 9.48. The van der Waals surface area contributed by atoms with E-state index in [0.29, 0.717) is 24.7 Å². The highest BCUT2D eigenvalue weighted by molar-refractivity contribution is 7.89. The van der Waals surface area contributed by atoms with Crippen molar-refractivity contribution in [3.05, 3.63) is 53.2 Å². The Hall–Kier alpha value is -1.96. The van der Waals surface area contributed by atoms with Crippen molar-refractivity contribution in [2.75, 3.05) is 37.7 Å². The minimum Gasteiger partial charge on any atom is -0.378 e. The minimum absolute atomic E-state index is 0.155. The number of rotatable bonds is 4. The average molecular weight is 402 g/mol. The third-order valence-electron chi connectivity index (χ3n) is 5.66. The Morgan fingerprint density at radius 2 is 1.79 bits per heavy atom. The number of ether oxygens (including phenoxy) is 1. The molecule has 3 heterocycles. The molecule has 7 heteroatoms. The molecular formula is C21H27N3O3S. The van der Waals surface area contributed by atoms with Crippen LogP contribution in [0, 0.1) is 13.8 Å². The van der Waals surface area contributed by atoms with E-state index in [0.717, 1.165) is 48.4 Å². The number of benzene rings is 1. The van der Waals surface area contributed by atoms with Crippen molar-refractivity contribution in [3.63, 3.8) is 0 Å². The van der Waals surface area contributed by atoms with Gasteiger partial charge in [0.1, 0.15) is 5.82 Å². The first-order chi connectivity index (χ1) is 13.5. The molecule has 2 aromatic rings. The van der Waals surface area contributed by atoms with Gasteiger partial charge in [0.25, 0.3) is 0 Å². The van der Waals surface area contributed by atoms with E-state index in [4.69, 9.17) is 4.74 Å². The molecule has 0 N–H and O–H groups in total. The van der Waals surface area contributed by atoms with Crippen molar-refractivity contribution in [1.82, 2.24) is 9.29 Å². The molecule has 2 aliphatic heterocycles. The third-order valence-corrected chi connectivity index (χ3v) is 7.58. The summed E-state index contributed by atoms with van der Waals surface area (Å²) in [7, 11) is -3.52. The highest BCUT2D eigenvalue weighted by atomic mass is 32.2. The number of nitrogens with zero attached hydrogens (tertiary/aromatic N) is 3. The van der Waals surface area contributed by atoms with Crippen LogP contribution in [-0.4, -0.2) is 50.6 Å². The normalized spacial score (nSPS) is 21.2. The second kappa shape index (κ2) is 7.81. The van der Waals surface area contributed by atoms with E-state index < -0.39 is 10.0 Å². The average Bonchev–Trinajstić information content (AvgIpc) is 3.19. The van der Waals surface area contributed by atoms with E-state index in [1.54, 1.807) is 16.4 Å². The highest BCUT2D eigenvalue weighted by Crippen LogP contribution is 2.38. The van der Waals surface area contributed by atoms with E-state index in [1.807, 2.05) is 25.3 Å². The first-order valence-electron chi connectivity index (χ1n) is 9.84. The lowest BCUT2D eigenvalue weighted by molar-refractivity contribution is 0.122. The standard InChI is InChI=1S/C21H27N3O3S/c1-16-5-7-18(8-6-16)28(25,26)24-9-3-4-20(24)19-15-22-21(14-17(19)2)23-10-12-27-13-11-23/h5-8,14-15,20H,3-4,9-13H2,1-2H3/t20-/m0/s1. The maximum Gasteiger partial charge on any atom is 0.243 e. The summed E-state index contributed by atoms with van der Waals surface area (Å²) in [6, 6.07) is 9.02. The Kier molecular flexibility index (Phi) is 5.40. The number of morpholine rings is 1. The lowest BCUT2D eigenvalue weighted by Gasteiger charge is -2.29. The first-order valence-corrected chi connectivity index (χ1v) is 11.3. The van der Waals surface area contributed by atoms with Gasteiger partial charge >= 0.3 is 0 Å². The van der Waals surface area contributed by atoms with Gasteiger partial charge in [-0.2, -0.15) is 4.31 Å². The van der Waals surface area contributed by atoms with Crippen molar-refractivity contribution in [2.24, 2.45) is 0 Å². The van der Waals surface area contributed by atoms with Gasteiger partial charge in [-0.25, -0.2) is 13.4 Å².